The van der Waals surface area contributed by atoms with Crippen LogP contribution in [0.25, 0.3) is 0 Å². The van der Waals surface area contributed by atoms with Crippen molar-refractivity contribution in [2.75, 3.05) is 36.0 Å². The molecule has 1 saturated heterocycles. The Kier molecular flexibility index (Phi) is 4.49. The molecule has 0 atom stereocenters. The van der Waals surface area contributed by atoms with Gasteiger partial charge in [0.25, 0.3) is 0 Å². The van der Waals surface area contributed by atoms with Gasteiger partial charge in [-0.3, -0.25) is 4.79 Å². The highest BCUT2D eigenvalue weighted by atomic mass is 35.5. The van der Waals surface area contributed by atoms with Gasteiger partial charge in [0.1, 0.15) is 11.6 Å². The maximum atomic E-state index is 11.2. The zero-order chi connectivity index (χ0) is 17.1. The summed E-state index contributed by atoms with van der Waals surface area (Å²) in [4.78, 5) is 23.9. The maximum absolute atomic E-state index is 11.2. The van der Waals surface area contributed by atoms with Crippen LogP contribution in [0.2, 0.25) is 5.02 Å². The monoisotopic (exact) mass is 342 g/mol. The molecule has 0 spiro atoms. The summed E-state index contributed by atoms with van der Waals surface area (Å²) >= 11 is 6.23. The number of amides is 1. The number of piperazine rings is 1. The van der Waals surface area contributed by atoms with Gasteiger partial charge < -0.3 is 15.5 Å². The molecule has 2 aromatic heterocycles. The summed E-state index contributed by atoms with van der Waals surface area (Å²) in [7, 11) is 0. The van der Waals surface area contributed by atoms with E-state index in [1.165, 1.54) is 12.3 Å². The van der Waals surface area contributed by atoms with Crippen molar-refractivity contribution >= 4 is 29.1 Å². The van der Waals surface area contributed by atoms with Crippen LogP contribution in [-0.2, 0) is 0 Å². The van der Waals surface area contributed by atoms with E-state index in [0.717, 1.165) is 18.9 Å². The Balaban J connectivity index is 1.71. The standard InChI is InChI=1S/C16H15ClN6O/c17-13-8-12(15(19)24)10-21-16(13)23-5-3-22(4-6-23)14-7-11(9-18)1-2-20-14/h1-2,7-8,10H,3-6H2,(H2,19,24). The average molecular weight is 343 g/mol. The number of carbonyl (C=O) groups is 1. The molecule has 0 aromatic carbocycles. The number of carbonyl (C=O) groups excluding carboxylic acids is 1. The minimum Gasteiger partial charge on any atom is -0.366 e. The molecule has 122 valence electrons. The van der Waals surface area contributed by atoms with Gasteiger partial charge in [0.05, 0.1) is 22.2 Å². The molecular weight excluding hydrogens is 328 g/mol. The van der Waals surface area contributed by atoms with E-state index in [1.807, 2.05) is 0 Å². The van der Waals surface area contributed by atoms with Crippen molar-refractivity contribution in [3.8, 4) is 6.07 Å². The van der Waals surface area contributed by atoms with Crippen molar-refractivity contribution in [2.45, 2.75) is 0 Å². The molecule has 1 amide bonds. The number of nitrogens with two attached hydrogens (primary N) is 1. The first kappa shape index (κ1) is 16.0. The Morgan fingerprint density at radius 1 is 1.21 bits per heavy atom. The summed E-state index contributed by atoms with van der Waals surface area (Å²) in [5.41, 5.74) is 6.11. The summed E-state index contributed by atoms with van der Waals surface area (Å²) in [5, 5.41) is 9.39. The van der Waals surface area contributed by atoms with E-state index >= 15 is 0 Å². The van der Waals surface area contributed by atoms with Gasteiger partial charge in [-0.25, -0.2) is 9.97 Å². The highest BCUT2D eigenvalue weighted by molar-refractivity contribution is 6.33. The van der Waals surface area contributed by atoms with Crippen molar-refractivity contribution < 1.29 is 4.79 Å². The Hall–Kier alpha value is -2.85. The lowest BCUT2D eigenvalue weighted by atomic mass is 10.2. The second-order valence-corrected chi connectivity index (χ2v) is 5.79. The average Bonchev–Trinajstić information content (AvgIpc) is 2.62. The number of halogens is 1. The fourth-order valence-corrected chi connectivity index (χ4v) is 2.89. The third-order valence-electron chi connectivity index (χ3n) is 3.88. The van der Waals surface area contributed by atoms with Crippen molar-refractivity contribution in [3.05, 3.63) is 46.7 Å². The van der Waals surface area contributed by atoms with E-state index < -0.39 is 5.91 Å². The first-order valence-corrected chi connectivity index (χ1v) is 7.77. The SMILES string of the molecule is N#Cc1ccnc(N2CCN(c3ncc(C(N)=O)cc3Cl)CC2)c1. The van der Waals surface area contributed by atoms with Crippen molar-refractivity contribution in [2.24, 2.45) is 5.73 Å². The van der Waals surface area contributed by atoms with Crippen LogP contribution >= 0.6 is 11.6 Å². The maximum Gasteiger partial charge on any atom is 0.250 e. The summed E-state index contributed by atoms with van der Waals surface area (Å²) in [6.45, 7) is 2.89. The molecular formula is C16H15ClN6O. The van der Waals surface area contributed by atoms with Crippen molar-refractivity contribution in [1.82, 2.24) is 9.97 Å². The van der Waals surface area contributed by atoms with Crippen LogP contribution in [0, 0.1) is 11.3 Å². The third kappa shape index (κ3) is 3.24. The van der Waals surface area contributed by atoms with Gasteiger partial charge in [-0.1, -0.05) is 11.6 Å². The molecule has 2 N–H and O–H groups in total. The zero-order valence-electron chi connectivity index (χ0n) is 12.8. The lowest BCUT2D eigenvalue weighted by molar-refractivity contribution is 0.1000. The lowest BCUT2D eigenvalue weighted by Crippen LogP contribution is -2.47. The largest absolute Gasteiger partial charge is 0.366 e. The topological polar surface area (TPSA) is 99.1 Å². The van der Waals surface area contributed by atoms with Crippen molar-refractivity contribution in [1.29, 1.82) is 5.26 Å². The van der Waals surface area contributed by atoms with Crippen LogP contribution in [0.3, 0.4) is 0 Å². The van der Waals surface area contributed by atoms with Gasteiger partial charge in [-0.15, -0.1) is 0 Å². The fourth-order valence-electron chi connectivity index (χ4n) is 2.61. The highest BCUT2D eigenvalue weighted by Gasteiger charge is 2.21. The molecule has 0 radical (unpaired) electrons. The quantitative estimate of drug-likeness (QED) is 0.905. The van der Waals surface area contributed by atoms with Crippen LogP contribution in [-0.4, -0.2) is 42.1 Å². The second kappa shape index (κ2) is 6.72. The van der Waals surface area contributed by atoms with E-state index in [2.05, 4.69) is 25.8 Å². The minimum absolute atomic E-state index is 0.292. The predicted molar refractivity (Wildman–Crippen MR) is 91.1 cm³/mol. The number of rotatable bonds is 3. The first-order chi connectivity index (χ1) is 11.6. The predicted octanol–water partition coefficient (Wildman–Crippen LogP) is 1.43. The van der Waals surface area contributed by atoms with Crippen LogP contribution in [0.15, 0.2) is 30.6 Å². The van der Waals surface area contributed by atoms with Gasteiger partial charge in [0, 0.05) is 38.6 Å². The summed E-state index contributed by atoms with van der Waals surface area (Å²) in [6.07, 6.45) is 3.08. The van der Waals surface area contributed by atoms with Gasteiger partial charge in [-0.05, 0) is 18.2 Å². The molecule has 0 unspecified atom stereocenters. The number of primary amides is 1. The van der Waals surface area contributed by atoms with E-state index in [4.69, 9.17) is 22.6 Å². The Bertz CT molecular complexity index is 810. The molecule has 0 bridgehead atoms. The van der Waals surface area contributed by atoms with E-state index in [9.17, 15) is 4.79 Å². The Morgan fingerprint density at radius 2 is 1.92 bits per heavy atom. The van der Waals surface area contributed by atoms with Gasteiger partial charge in [0.2, 0.25) is 5.91 Å². The smallest absolute Gasteiger partial charge is 0.250 e. The Morgan fingerprint density at radius 3 is 2.54 bits per heavy atom. The summed E-state index contributed by atoms with van der Waals surface area (Å²) in [6, 6.07) is 7.12. The number of nitrogens with zero attached hydrogens (tertiary/aromatic N) is 5. The van der Waals surface area contributed by atoms with Gasteiger partial charge >= 0.3 is 0 Å². The lowest BCUT2D eigenvalue weighted by Gasteiger charge is -2.36. The fraction of sp³-hybridized carbons (Fsp3) is 0.250. The minimum atomic E-state index is -0.552. The molecule has 1 fully saturated rings. The molecule has 0 saturated carbocycles. The van der Waals surface area contributed by atoms with Gasteiger partial charge in [-0.2, -0.15) is 5.26 Å². The molecule has 3 heterocycles. The molecule has 7 nitrogen and oxygen atoms in total. The highest BCUT2D eigenvalue weighted by Crippen LogP contribution is 2.26. The summed E-state index contributed by atoms with van der Waals surface area (Å²) in [5.74, 6) is 0.876. The van der Waals surface area contributed by atoms with Crippen LogP contribution in [0.4, 0.5) is 11.6 Å². The van der Waals surface area contributed by atoms with E-state index in [0.29, 0.717) is 35.1 Å². The van der Waals surface area contributed by atoms with E-state index in [-0.39, 0.29) is 0 Å². The van der Waals surface area contributed by atoms with Crippen LogP contribution in [0.1, 0.15) is 15.9 Å². The molecule has 3 rings (SSSR count). The summed E-state index contributed by atoms with van der Waals surface area (Å²) < 4.78 is 0. The number of anilines is 2. The van der Waals surface area contributed by atoms with E-state index in [1.54, 1.807) is 18.3 Å². The molecule has 1 aliphatic heterocycles. The molecule has 1 aliphatic rings. The zero-order valence-corrected chi connectivity index (χ0v) is 13.6. The van der Waals surface area contributed by atoms with Crippen LogP contribution < -0.4 is 15.5 Å². The van der Waals surface area contributed by atoms with Crippen LogP contribution in [0.5, 0.6) is 0 Å². The molecule has 24 heavy (non-hydrogen) atoms. The third-order valence-corrected chi connectivity index (χ3v) is 4.16. The molecule has 8 heteroatoms. The molecule has 0 aliphatic carbocycles. The van der Waals surface area contributed by atoms with Gasteiger partial charge in [0.15, 0.2) is 0 Å². The Labute approximate surface area is 144 Å². The number of hydrogen-bond acceptors (Lipinski definition) is 6. The number of aromatic nitrogens is 2. The first-order valence-electron chi connectivity index (χ1n) is 7.40. The second-order valence-electron chi connectivity index (χ2n) is 5.38. The number of nitriles is 1. The number of pyridine rings is 2. The number of hydrogen-bond donors (Lipinski definition) is 1. The normalized spacial score (nSPS) is 14.3. The molecule has 2 aromatic rings. The van der Waals surface area contributed by atoms with Crippen molar-refractivity contribution in [3.63, 3.8) is 0 Å².